The van der Waals surface area contributed by atoms with Gasteiger partial charge in [-0.3, -0.25) is 0 Å². The van der Waals surface area contributed by atoms with Gasteiger partial charge in [-0.1, -0.05) is 19.1 Å². The summed E-state index contributed by atoms with van der Waals surface area (Å²) in [4.78, 5) is 0. The predicted molar refractivity (Wildman–Crippen MR) is 87.9 cm³/mol. The van der Waals surface area contributed by atoms with E-state index in [-0.39, 0.29) is 5.60 Å². The third-order valence-corrected chi connectivity index (χ3v) is 4.38. The number of hydrogen-bond donors (Lipinski definition) is 2. The fourth-order valence-corrected chi connectivity index (χ4v) is 2.92. The maximum absolute atomic E-state index is 10.4. The van der Waals surface area contributed by atoms with Gasteiger partial charge in [0.1, 0.15) is 5.75 Å². The molecule has 1 atom stereocenters. The minimum absolute atomic E-state index is 0.334. The van der Waals surface area contributed by atoms with Gasteiger partial charge in [-0.25, -0.2) is 0 Å². The lowest BCUT2D eigenvalue weighted by Crippen LogP contribution is -2.42. The van der Waals surface area contributed by atoms with Crippen LogP contribution in [0, 0.1) is 5.92 Å². The summed E-state index contributed by atoms with van der Waals surface area (Å²) in [6, 6.07) is 7.51. The molecule has 2 N–H and O–H groups in total. The van der Waals surface area contributed by atoms with Crippen molar-refractivity contribution in [2.75, 3.05) is 19.7 Å². The minimum Gasteiger partial charge on any atom is -0.494 e. The first kappa shape index (κ1) is 17.3. The standard InChI is InChI=1S/C18H29NO3/c1-4-13-21-16-7-5-14(6-8-16)17(20)22-18(2,3)15-9-11-19-12-10-15/h5-8,15,17,19-20H,4,9-13H2,1-3H3. The fraction of sp³-hybridized carbons (Fsp3) is 0.667. The lowest BCUT2D eigenvalue weighted by atomic mass is 9.83. The van der Waals surface area contributed by atoms with E-state index in [0.717, 1.165) is 43.7 Å². The van der Waals surface area contributed by atoms with Crippen molar-refractivity contribution in [3.8, 4) is 5.75 Å². The molecule has 2 rings (SSSR count). The van der Waals surface area contributed by atoms with Crippen molar-refractivity contribution in [2.45, 2.75) is 51.9 Å². The van der Waals surface area contributed by atoms with Gasteiger partial charge in [0, 0.05) is 5.56 Å². The molecule has 0 aliphatic carbocycles. The van der Waals surface area contributed by atoms with E-state index in [1.165, 1.54) is 0 Å². The van der Waals surface area contributed by atoms with Gasteiger partial charge in [0.15, 0.2) is 6.29 Å². The second kappa shape index (κ2) is 7.95. The molecule has 1 fully saturated rings. The quantitative estimate of drug-likeness (QED) is 0.759. The average Bonchev–Trinajstić information content (AvgIpc) is 2.54. The van der Waals surface area contributed by atoms with E-state index in [1.807, 2.05) is 24.3 Å². The highest BCUT2D eigenvalue weighted by Gasteiger charge is 2.33. The molecule has 0 radical (unpaired) electrons. The Bertz CT molecular complexity index is 438. The number of nitrogens with one attached hydrogen (secondary N) is 1. The van der Waals surface area contributed by atoms with Crippen LogP contribution in [0.25, 0.3) is 0 Å². The third kappa shape index (κ3) is 4.70. The average molecular weight is 307 g/mol. The summed E-state index contributed by atoms with van der Waals surface area (Å²) in [7, 11) is 0. The van der Waals surface area contributed by atoms with E-state index < -0.39 is 6.29 Å². The van der Waals surface area contributed by atoms with Gasteiger partial charge in [-0.2, -0.15) is 0 Å². The fourth-order valence-electron chi connectivity index (χ4n) is 2.92. The van der Waals surface area contributed by atoms with E-state index in [1.54, 1.807) is 0 Å². The monoisotopic (exact) mass is 307 g/mol. The summed E-state index contributed by atoms with van der Waals surface area (Å²) >= 11 is 0. The Kier molecular flexibility index (Phi) is 6.24. The number of piperidine rings is 1. The Morgan fingerprint density at radius 2 is 1.86 bits per heavy atom. The molecule has 1 heterocycles. The molecule has 0 amide bonds. The molecule has 4 nitrogen and oxygen atoms in total. The van der Waals surface area contributed by atoms with Gasteiger partial charge in [-0.05, 0) is 64.3 Å². The Morgan fingerprint density at radius 1 is 1.23 bits per heavy atom. The number of benzene rings is 1. The van der Waals surface area contributed by atoms with Crippen molar-refractivity contribution < 1.29 is 14.6 Å². The van der Waals surface area contributed by atoms with Crippen molar-refractivity contribution in [3.05, 3.63) is 29.8 Å². The zero-order chi connectivity index (χ0) is 16.0. The zero-order valence-electron chi connectivity index (χ0n) is 14.0. The summed E-state index contributed by atoms with van der Waals surface area (Å²) in [5.74, 6) is 1.30. The van der Waals surface area contributed by atoms with Gasteiger partial charge in [0.05, 0.1) is 12.2 Å². The zero-order valence-corrected chi connectivity index (χ0v) is 14.0. The van der Waals surface area contributed by atoms with Crippen LogP contribution in [0.3, 0.4) is 0 Å². The number of rotatable bonds is 7. The van der Waals surface area contributed by atoms with Crippen LogP contribution in [0.5, 0.6) is 5.75 Å². The number of ether oxygens (including phenoxy) is 2. The van der Waals surface area contributed by atoms with E-state index >= 15 is 0 Å². The molecule has 0 saturated carbocycles. The van der Waals surface area contributed by atoms with E-state index in [0.29, 0.717) is 12.5 Å². The highest BCUT2D eigenvalue weighted by atomic mass is 16.6. The maximum Gasteiger partial charge on any atom is 0.181 e. The molecular formula is C18H29NO3. The van der Waals surface area contributed by atoms with Crippen LogP contribution in [0.2, 0.25) is 0 Å². The van der Waals surface area contributed by atoms with Crippen molar-refractivity contribution in [1.82, 2.24) is 5.32 Å². The first-order chi connectivity index (χ1) is 10.5. The molecule has 0 bridgehead atoms. The van der Waals surface area contributed by atoms with E-state index in [2.05, 4.69) is 26.1 Å². The molecule has 1 aliphatic rings. The topological polar surface area (TPSA) is 50.7 Å². The van der Waals surface area contributed by atoms with Crippen molar-refractivity contribution in [2.24, 2.45) is 5.92 Å². The third-order valence-electron chi connectivity index (χ3n) is 4.38. The van der Waals surface area contributed by atoms with Crippen LogP contribution in [0.1, 0.15) is 51.9 Å². The van der Waals surface area contributed by atoms with Crippen LogP contribution in [-0.2, 0) is 4.74 Å². The predicted octanol–water partition coefficient (Wildman–Crippen LogP) is 3.26. The molecule has 0 spiro atoms. The van der Waals surface area contributed by atoms with Gasteiger partial charge in [-0.15, -0.1) is 0 Å². The lowest BCUT2D eigenvalue weighted by molar-refractivity contribution is -0.198. The Morgan fingerprint density at radius 3 is 2.45 bits per heavy atom. The molecule has 1 unspecified atom stereocenters. The molecule has 4 heteroatoms. The van der Waals surface area contributed by atoms with Crippen LogP contribution >= 0.6 is 0 Å². The van der Waals surface area contributed by atoms with Crippen LogP contribution in [0.15, 0.2) is 24.3 Å². The second-order valence-corrected chi connectivity index (χ2v) is 6.52. The molecule has 1 aliphatic heterocycles. The minimum atomic E-state index is -0.898. The van der Waals surface area contributed by atoms with Gasteiger partial charge in [0.25, 0.3) is 0 Å². The summed E-state index contributed by atoms with van der Waals surface area (Å²) < 4.78 is 11.5. The van der Waals surface area contributed by atoms with Crippen LogP contribution in [-0.4, -0.2) is 30.4 Å². The second-order valence-electron chi connectivity index (χ2n) is 6.52. The highest BCUT2D eigenvalue weighted by Crippen LogP contribution is 2.33. The smallest absolute Gasteiger partial charge is 0.181 e. The van der Waals surface area contributed by atoms with Crippen molar-refractivity contribution in [1.29, 1.82) is 0 Å². The van der Waals surface area contributed by atoms with Crippen LogP contribution < -0.4 is 10.1 Å². The van der Waals surface area contributed by atoms with Crippen molar-refractivity contribution in [3.63, 3.8) is 0 Å². The summed E-state index contributed by atoms with van der Waals surface area (Å²) in [5.41, 5.74) is 0.435. The molecule has 1 saturated heterocycles. The number of hydrogen-bond acceptors (Lipinski definition) is 4. The molecule has 1 aromatic rings. The highest BCUT2D eigenvalue weighted by molar-refractivity contribution is 5.27. The Balaban J connectivity index is 1.93. The first-order valence-corrected chi connectivity index (χ1v) is 8.32. The summed E-state index contributed by atoms with van der Waals surface area (Å²) in [5, 5.41) is 13.7. The largest absolute Gasteiger partial charge is 0.494 e. The molecule has 22 heavy (non-hydrogen) atoms. The van der Waals surface area contributed by atoms with Gasteiger partial charge in [0.2, 0.25) is 0 Å². The number of aliphatic hydroxyl groups excluding tert-OH is 1. The van der Waals surface area contributed by atoms with E-state index in [4.69, 9.17) is 9.47 Å². The Labute approximate surface area is 133 Å². The molecule has 0 aromatic heterocycles. The normalized spacial score (nSPS) is 18.2. The molecular weight excluding hydrogens is 278 g/mol. The summed E-state index contributed by atoms with van der Waals surface area (Å²) in [6.45, 7) is 8.99. The summed E-state index contributed by atoms with van der Waals surface area (Å²) in [6.07, 6.45) is 2.26. The molecule has 124 valence electrons. The lowest BCUT2D eigenvalue weighted by Gasteiger charge is -2.38. The Hall–Kier alpha value is -1.10. The van der Waals surface area contributed by atoms with Crippen molar-refractivity contribution >= 4 is 0 Å². The van der Waals surface area contributed by atoms with Crippen LogP contribution in [0.4, 0.5) is 0 Å². The maximum atomic E-state index is 10.4. The first-order valence-electron chi connectivity index (χ1n) is 8.32. The number of aliphatic hydroxyl groups is 1. The van der Waals surface area contributed by atoms with Gasteiger partial charge < -0.3 is 19.9 Å². The van der Waals surface area contributed by atoms with Gasteiger partial charge >= 0.3 is 0 Å². The SMILES string of the molecule is CCCOc1ccc(C(O)OC(C)(C)C2CCNCC2)cc1. The molecule has 1 aromatic carbocycles. The van der Waals surface area contributed by atoms with E-state index in [9.17, 15) is 5.11 Å².